The molecule has 2 heterocycles. The maximum Gasteiger partial charge on any atom is 0.410 e. The van der Waals surface area contributed by atoms with Crippen LogP contribution >= 0.6 is 23.2 Å². The van der Waals surface area contributed by atoms with Crippen molar-refractivity contribution < 1.29 is 18.7 Å². The second-order valence-corrected chi connectivity index (χ2v) is 8.44. The highest BCUT2D eigenvalue weighted by Crippen LogP contribution is 2.33. The zero-order valence-corrected chi connectivity index (χ0v) is 20.5. The van der Waals surface area contributed by atoms with E-state index in [9.17, 15) is 9.18 Å². The van der Waals surface area contributed by atoms with Crippen LogP contribution in [0.4, 0.5) is 15.0 Å². The molecular formula is C23H29Cl2FN4O3. The Morgan fingerprint density at radius 2 is 1.94 bits per heavy atom. The molecule has 0 unspecified atom stereocenters. The van der Waals surface area contributed by atoms with Crippen molar-refractivity contribution in [2.24, 2.45) is 0 Å². The predicted molar refractivity (Wildman–Crippen MR) is 128 cm³/mol. The van der Waals surface area contributed by atoms with E-state index in [0.29, 0.717) is 48.4 Å². The van der Waals surface area contributed by atoms with Gasteiger partial charge in [0.25, 0.3) is 0 Å². The summed E-state index contributed by atoms with van der Waals surface area (Å²) >= 11 is 12.5. The standard InChI is InChI=1S/C23H29Cl2FN4O3/c1-4-17-21(15-8-7-14(24)11-16(15)25)27-18(5-2)22(28-17)29-19-12-30(13-20(19)32-6-3)23(31)33-10-9-26/h7-8,11,19-20H,4-6,9-10,12-13H2,1-3H3,(H,28,29)/t19-,20+/m1/s1. The Hall–Kier alpha value is -2.16. The number of alkyl halides is 1. The van der Waals surface area contributed by atoms with E-state index in [2.05, 4.69) is 5.32 Å². The van der Waals surface area contributed by atoms with Crippen LogP contribution < -0.4 is 5.32 Å². The summed E-state index contributed by atoms with van der Waals surface area (Å²) in [5, 5.41) is 4.51. The Labute approximate surface area is 203 Å². The predicted octanol–water partition coefficient (Wildman–Crippen LogP) is 5.18. The van der Waals surface area contributed by atoms with Gasteiger partial charge in [0.2, 0.25) is 0 Å². The van der Waals surface area contributed by atoms with Crippen LogP contribution in [0.3, 0.4) is 0 Å². The van der Waals surface area contributed by atoms with Crippen molar-refractivity contribution in [3.05, 3.63) is 39.6 Å². The summed E-state index contributed by atoms with van der Waals surface area (Å²) in [5.41, 5.74) is 3.08. The number of halogens is 3. The lowest BCUT2D eigenvalue weighted by Gasteiger charge is -2.22. The normalized spacial score (nSPS) is 17.9. The summed E-state index contributed by atoms with van der Waals surface area (Å²) < 4.78 is 23.2. The van der Waals surface area contributed by atoms with Crippen molar-refractivity contribution in [2.45, 2.75) is 45.8 Å². The van der Waals surface area contributed by atoms with Gasteiger partial charge in [-0.2, -0.15) is 0 Å². The molecule has 180 valence electrons. The fourth-order valence-electron chi connectivity index (χ4n) is 3.85. The molecule has 0 saturated carbocycles. The monoisotopic (exact) mass is 498 g/mol. The number of carbonyl (C=O) groups is 1. The van der Waals surface area contributed by atoms with Crippen molar-refractivity contribution in [2.75, 3.05) is 38.3 Å². The van der Waals surface area contributed by atoms with Crippen molar-refractivity contribution in [3.8, 4) is 11.3 Å². The molecule has 0 radical (unpaired) electrons. The first-order chi connectivity index (χ1) is 15.9. The second-order valence-electron chi connectivity index (χ2n) is 7.60. The third-order valence-corrected chi connectivity index (χ3v) is 5.97. The summed E-state index contributed by atoms with van der Waals surface area (Å²) in [6, 6.07) is 5.11. The topological polar surface area (TPSA) is 76.6 Å². The highest BCUT2D eigenvalue weighted by molar-refractivity contribution is 6.36. The molecule has 0 spiro atoms. The highest BCUT2D eigenvalue weighted by atomic mass is 35.5. The Balaban J connectivity index is 1.89. The summed E-state index contributed by atoms with van der Waals surface area (Å²) in [7, 11) is 0. The van der Waals surface area contributed by atoms with E-state index < -0.39 is 12.8 Å². The number of likely N-dealkylation sites (tertiary alicyclic amines) is 1. The molecule has 3 rings (SSSR count). The molecule has 1 fully saturated rings. The van der Waals surface area contributed by atoms with E-state index in [1.807, 2.05) is 26.8 Å². The molecule has 33 heavy (non-hydrogen) atoms. The number of rotatable bonds is 9. The Kier molecular flexibility index (Phi) is 9.11. The minimum atomic E-state index is -0.713. The number of hydrogen-bond acceptors (Lipinski definition) is 6. The van der Waals surface area contributed by atoms with Gasteiger partial charge in [0, 0.05) is 23.7 Å². The molecule has 1 aromatic carbocycles. The van der Waals surface area contributed by atoms with Crippen LogP contribution in [0.15, 0.2) is 18.2 Å². The average molecular weight is 499 g/mol. The lowest BCUT2D eigenvalue weighted by Crippen LogP contribution is -2.35. The van der Waals surface area contributed by atoms with Gasteiger partial charge in [-0.15, -0.1) is 0 Å². The molecule has 0 bridgehead atoms. The number of aromatic nitrogens is 2. The van der Waals surface area contributed by atoms with Crippen molar-refractivity contribution >= 4 is 35.1 Å². The van der Waals surface area contributed by atoms with Crippen LogP contribution in [0.2, 0.25) is 10.0 Å². The van der Waals surface area contributed by atoms with E-state index >= 15 is 0 Å². The zero-order chi connectivity index (χ0) is 24.0. The third kappa shape index (κ3) is 6.05. The molecular weight excluding hydrogens is 470 g/mol. The minimum Gasteiger partial charge on any atom is -0.447 e. The fraction of sp³-hybridized carbons (Fsp3) is 0.522. The average Bonchev–Trinajstić information content (AvgIpc) is 3.20. The van der Waals surface area contributed by atoms with Gasteiger partial charge in [-0.05, 0) is 38.0 Å². The molecule has 7 nitrogen and oxygen atoms in total. The largest absolute Gasteiger partial charge is 0.447 e. The van der Waals surface area contributed by atoms with Gasteiger partial charge in [-0.25, -0.2) is 19.2 Å². The molecule has 0 aliphatic carbocycles. The van der Waals surface area contributed by atoms with Crippen LogP contribution in [0.1, 0.15) is 32.2 Å². The van der Waals surface area contributed by atoms with Crippen LogP contribution in [-0.2, 0) is 22.3 Å². The molecule has 2 atom stereocenters. The number of amides is 1. The second kappa shape index (κ2) is 11.8. The quantitative estimate of drug-likeness (QED) is 0.512. The van der Waals surface area contributed by atoms with Crippen molar-refractivity contribution in [1.29, 1.82) is 0 Å². The van der Waals surface area contributed by atoms with Crippen LogP contribution in [0.5, 0.6) is 0 Å². The van der Waals surface area contributed by atoms with E-state index in [1.165, 1.54) is 4.90 Å². The van der Waals surface area contributed by atoms with E-state index in [-0.39, 0.29) is 18.8 Å². The molecule has 1 saturated heterocycles. The smallest absolute Gasteiger partial charge is 0.410 e. The molecule has 1 aliphatic rings. The maximum atomic E-state index is 12.4. The maximum absolute atomic E-state index is 12.4. The van der Waals surface area contributed by atoms with Gasteiger partial charge in [-0.1, -0.05) is 37.0 Å². The number of ether oxygens (including phenoxy) is 2. The van der Waals surface area contributed by atoms with Crippen molar-refractivity contribution in [3.63, 3.8) is 0 Å². The number of aryl methyl sites for hydroxylation is 2. The molecule has 1 aliphatic heterocycles. The third-order valence-electron chi connectivity index (χ3n) is 5.43. The number of benzene rings is 1. The van der Waals surface area contributed by atoms with Gasteiger partial charge >= 0.3 is 6.09 Å². The highest BCUT2D eigenvalue weighted by Gasteiger charge is 2.37. The number of nitrogens with one attached hydrogen (secondary N) is 1. The first-order valence-corrected chi connectivity index (χ1v) is 11.9. The fourth-order valence-corrected chi connectivity index (χ4v) is 4.35. The lowest BCUT2D eigenvalue weighted by atomic mass is 10.1. The van der Waals surface area contributed by atoms with Gasteiger partial charge in [0.1, 0.15) is 19.1 Å². The zero-order valence-electron chi connectivity index (χ0n) is 19.0. The molecule has 1 aromatic heterocycles. The molecule has 10 heteroatoms. The lowest BCUT2D eigenvalue weighted by molar-refractivity contribution is 0.0582. The van der Waals surface area contributed by atoms with Gasteiger partial charge in [0.05, 0.1) is 40.8 Å². The first kappa shape index (κ1) is 25.5. The summed E-state index contributed by atoms with van der Waals surface area (Å²) in [6.45, 7) is 6.14. The minimum absolute atomic E-state index is 0.211. The van der Waals surface area contributed by atoms with Gasteiger partial charge in [0.15, 0.2) is 0 Å². The SMILES string of the molecule is CCO[C@H]1CN(C(=O)OCCF)C[C@H]1Nc1nc(CC)c(-c2ccc(Cl)cc2Cl)nc1CC. The van der Waals surface area contributed by atoms with E-state index in [0.717, 1.165) is 22.6 Å². The molecule has 1 N–H and O–H groups in total. The van der Waals surface area contributed by atoms with Gasteiger partial charge < -0.3 is 19.7 Å². The summed E-state index contributed by atoms with van der Waals surface area (Å²) in [4.78, 5) is 23.5. The van der Waals surface area contributed by atoms with E-state index in [1.54, 1.807) is 12.1 Å². The van der Waals surface area contributed by atoms with Crippen molar-refractivity contribution in [1.82, 2.24) is 14.9 Å². The number of hydrogen-bond donors (Lipinski definition) is 1. The summed E-state index contributed by atoms with van der Waals surface area (Å²) in [6.07, 6.45) is 0.493. The Bertz CT molecular complexity index is 979. The number of carbonyl (C=O) groups excluding carboxylic acids is 1. The Morgan fingerprint density at radius 1 is 1.18 bits per heavy atom. The van der Waals surface area contributed by atoms with E-state index in [4.69, 9.17) is 42.6 Å². The van der Waals surface area contributed by atoms with Crippen LogP contribution in [0, 0.1) is 0 Å². The number of nitrogens with zero attached hydrogens (tertiary/aromatic N) is 3. The molecule has 2 aromatic rings. The Morgan fingerprint density at radius 3 is 2.58 bits per heavy atom. The van der Waals surface area contributed by atoms with Crippen LogP contribution in [-0.4, -0.2) is 66.1 Å². The molecule has 1 amide bonds. The number of anilines is 1. The van der Waals surface area contributed by atoms with Gasteiger partial charge in [-0.3, -0.25) is 0 Å². The van der Waals surface area contributed by atoms with Crippen LogP contribution in [0.25, 0.3) is 11.3 Å². The summed E-state index contributed by atoms with van der Waals surface area (Å²) in [5.74, 6) is 0.650. The first-order valence-electron chi connectivity index (χ1n) is 11.1.